The largest absolute Gasteiger partial charge is 0.380 e. The van der Waals surface area contributed by atoms with Crippen LogP contribution in [0.5, 0.6) is 0 Å². The Balaban J connectivity index is 2.18. The van der Waals surface area contributed by atoms with E-state index in [1.54, 1.807) is 0 Å². The van der Waals surface area contributed by atoms with Crippen LogP contribution in [0.3, 0.4) is 0 Å². The highest BCUT2D eigenvalue weighted by Gasteiger charge is 2.04. The summed E-state index contributed by atoms with van der Waals surface area (Å²) in [6, 6.07) is 7.87. The van der Waals surface area contributed by atoms with E-state index in [1.165, 1.54) is 0 Å². The SMILES string of the molecule is CCOCC(C)NCCNC(=O)c1ccc(C)cc1. The molecule has 1 rings (SSSR count). The third-order valence-electron chi connectivity index (χ3n) is 2.79. The zero-order chi connectivity index (χ0) is 14.1. The van der Waals surface area contributed by atoms with E-state index in [0.717, 1.165) is 18.7 Å². The molecule has 2 N–H and O–H groups in total. The summed E-state index contributed by atoms with van der Waals surface area (Å²) < 4.78 is 5.30. The summed E-state index contributed by atoms with van der Waals surface area (Å²) in [7, 11) is 0. The molecule has 0 aliphatic heterocycles. The normalized spacial score (nSPS) is 12.2. The fourth-order valence-corrected chi connectivity index (χ4v) is 1.66. The highest BCUT2D eigenvalue weighted by molar-refractivity contribution is 5.94. The molecule has 1 unspecified atom stereocenters. The molecule has 1 aromatic carbocycles. The summed E-state index contributed by atoms with van der Waals surface area (Å²) in [6.45, 7) is 8.84. The first-order valence-electron chi connectivity index (χ1n) is 6.79. The minimum Gasteiger partial charge on any atom is -0.380 e. The second-order valence-electron chi connectivity index (χ2n) is 4.64. The number of rotatable bonds is 8. The van der Waals surface area contributed by atoms with E-state index in [0.29, 0.717) is 24.8 Å². The van der Waals surface area contributed by atoms with Gasteiger partial charge in [0.25, 0.3) is 5.91 Å². The maximum absolute atomic E-state index is 11.8. The molecule has 4 heteroatoms. The van der Waals surface area contributed by atoms with Crippen molar-refractivity contribution in [1.29, 1.82) is 0 Å². The van der Waals surface area contributed by atoms with Crippen molar-refractivity contribution in [2.24, 2.45) is 0 Å². The molecule has 0 aliphatic carbocycles. The summed E-state index contributed by atoms with van der Waals surface area (Å²) in [5, 5.41) is 6.18. The third-order valence-corrected chi connectivity index (χ3v) is 2.79. The average Bonchev–Trinajstić information content (AvgIpc) is 2.41. The number of carbonyl (C=O) groups excluding carboxylic acids is 1. The summed E-state index contributed by atoms with van der Waals surface area (Å²) >= 11 is 0. The fourth-order valence-electron chi connectivity index (χ4n) is 1.66. The van der Waals surface area contributed by atoms with Crippen LogP contribution in [-0.2, 0) is 4.74 Å². The molecule has 0 fully saturated rings. The Kier molecular flexibility index (Phi) is 7.15. The number of benzene rings is 1. The quantitative estimate of drug-likeness (QED) is 0.703. The van der Waals surface area contributed by atoms with Crippen molar-refractivity contribution in [3.63, 3.8) is 0 Å². The maximum Gasteiger partial charge on any atom is 0.251 e. The molecule has 0 aliphatic rings. The predicted octanol–water partition coefficient (Wildman–Crippen LogP) is 1.74. The number of aryl methyl sites for hydroxylation is 1. The predicted molar refractivity (Wildman–Crippen MR) is 77.5 cm³/mol. The van der Waals surface area contributed by atoms with Gasteiger partial charge in [-0.15, -0.1) is 0 Å². The second kappa shape index (κ2) is 8.67. The van der Waals surface area contributed by atoms with Crippen LogP contribution in [-0.4, -0.2) is 38.3 Å². The number of nitrogens with one attached hydrogen (secondary N) is 2. The van der Waals surface area contributed by atoms with Gasteiger partial charge in [-0.25, -0.2) is 0 Å². The molecular weight excluding hydrogens is 240 g/mol. The lowest BCUT2D eigenvalue weighted by Crippen LogP contribution is -2.37. The Hall–Kier alpha value is -1.39. The molecule has 4 nitrogen and oxygen atoms in total. The van der Waals surface area contributed by atoms with Gasteiger partial charge < -0.3 is 15.4 Å². The van der Waals surface area contributed by atoms with E-state index in [-0.39, 0.29) is 5.91 Å². The molecule has 0 spiro atoms. The van der Waals surface area contributed by atoms with E-state index in [9.17, 15) is 4.79 Å². The van der Waals surface area contributed by atoms with Crippen LogP contribution < -0.4 is 10.6 Å². The lowest BCUT2D eigenvalue weighted by molar-refractivity contribution is 0.0952. The van der Waals surface area contributed by atoms with E-state index >= 15 is 0 Å². The zero-order valence-corrected chi connectivity index (χ0v) is 12.0. The molecule has 19 heavy (non-hydrogen) atoms. The zero-order valence-electron chi connectivity index (χ0n) is 12.0. The lowest BCUT2D eigenvalue weighted by Gasteiger charge is -2.13. The van der Waals surface area contributed by atoms with Crippen molar-refractivity contribution < 1.29 is 9.53 Å². The van der Waals surface area contributed by atoms with Crippen molar-refractivity contribution in [2.45, 2.75) is 26.8 Å². The molecule has 1 aromatic rings. The Morgan fingerprint density at radius 3 is 2.58 bits per heavy atom. The standard InChI is InChI=1S/C15H24N2O2/c1-4-19-11-13(3)16-9-10-17-15(18)14-7-5-12(2)6-8-14/h5-8,13,16H,4,9-11H2,1-3H3,(H,17,18). The highest BCUT2D eigenvalue weighted by Crippen LogP contribution is 2.02. The van der Waals surface area contributed by atoms with Gasteiger partial charge in [-0.3, -0.25) is 4.79 Å². The van der Waals surface area contributed by atoms with Crippen molar-refractivity contribution >= 4 is 5.91 Å². The molecule has 0 bridgehead atoms. The van der Waals surface area contributed by atoms with Crippen molar-refractivity contribution in [1.82, 2.24) is 10.6 Å². The van der Waals surface area contributed by atoms with Crippen LogP contribution in [0.25, 0.3) is 0 Å². The lowest BCUT2D eigenvalue weighted by atomic mass is 10.1. The molecule has 1 amide bonds. The Morgan fingerprint density at radius 1 is 1.26 bits per heavy atom. The molecule has 0 aromatic heterocycles. The van der Waals surface area contributed by atoms with Crippen LogP contribution in [0.2, 0.25) is 0 Å². The summed E-state index contributed by atoms with van der Waals surface area (Å²) in [4.78, 5) is 11.8. The van der Waals surface area contributed by atoms with Crippen molar-refractivity contribution in [2.75, 3.05) is 26.3 Å². The number of amides is 1. The number of hydrogen-bond acceptors (Lipinski definition) is 3. The highest BCUT2D eigenvalue weighted by atomic mass is 16.5. The summed E-state index contributed by atoms with van der Waals surface area (Å²) in [6.07, 6.45) is 0. The van der Waals surface area contributed by atoms with Gasteiger partial charge in [0.1, 0.15) is 0 Å². The van der Waals surface area contributed by atoms with Crippen molar-refractivity contribution in [3.05, 3.63) is 35.4 Å². The van der Waals surface area contributed by atoms with E-state index in [2.05, 4.69) is 17.6 Å². The monoisotopic (exact) mass is 264 g/mol. The number of hydrogen-bond donors (Lipinski definition) is 2. The summed E-state index contributed by atoms with van der Waals surface area (Å²) in [5.41, 5.74) is 1.86. The Labute approximate surface area is 115 Å². The van der Waals surface area contributed by atoms with Crippen LogP contribution in [0.4, 0.5) is 0 Å². The van der Waals surface area contributed by atoms with Gasteiger partial charge in [0.05, 0.1) is 6.61 Å². The molecular formula is C15H24N2O2. The van der Waals surface area contributed by atoms with E-state index < -0.39 is 0 Å². The molecule has 106 valence electrons. The van der Waals surface area contributed by atoms with Gasteiger partial charge in [-0.1, -0.05) is 17.7 Å². The molecule has 0 saturated heterocycles. The van der Waals surface area contributed by atoms with Gasteiger partial charge in [0.2, 0.25) is 0 Å². The van der Waals surface area contributed by atoms with E-state index in [4.69, 9.17) is 4.74 Å². The molecule has 1 atom stereocenters. The van der Waals surface area contributed by atoms with Crippen molar-refractivity contribution in [3.8, 4) is 0 Å². The van der Waals surface area contributed by atoms with Crippen LogP contribution in [0.1, 0.15) is 29.8 Å². The van der Waals surface area contributed by atoms with Crippen LogP contribution in [0, 0.1) is 6.92 Å². The number of carbonyl (C=O) groups is 1. The van der Waals surface area contributed by atoms with Crippen LogP contribution >= 0.6 is 0 Å². The second-order valence-corrected chi connectivity index (χ2v) is 4.64. The first-order valence-corrected chi connectivity index (χ1v) is 6.79. The topological polar surface area (TPSA) is 50.4 Å². The van der Waals surface area contributed by atoms with Crippen LogP contribution in [0.15, 0.2) is 24.3 Å². The summed E-state index contributed by atoms with van der Waals surface area (Å²) in [5.74, 6) is -0.0285. The molecule has 0 saturated carbocycles. The molecule has 0 radical (unpaired) electrons. The maximum atomic E-state index is 11.8. The smallest absolute Gasteiger partial charge is 0.251 e. The average molecular weight is 264 g/mol. The first kappa shape index (κ1) is 15.7. The minimum atomic E-state index is -0.0285. The Bertz CT molecular complexity index is 376. The van der Waals surface area contributed by atoms with Gasteiger partial charge in [0, 0.05) is 31.3 Å². The van der Waals surface area contributed by atoms with Gasteiger partial charge in [-0.05, 0) is 32.9 Å². The van der Waals surface area contributed by atoms with E-state index in [1.807, 2.05) is 38.1 Å². The number of ether oxygens (including phenoxy) is 1. The van der Waals surface area contributed by atoms with Gasteiger partial charge >= 0.3 is 0 Å². The third kappa shape index (κ3) is 6.36. The first-order chi connectivity index (χ1) is 9.13. The fraction of sp³-hybridized carbons (Fsp3) is 0.533. The minimum absolute atomic E-state index is 0.0285. The van der Waals surface area contributed by atoms with Gasteiger partial charge in [0.15, 0.2) is 0 Å². The molecule has 0 heterocycles. The van der Waals surface area contributed by atoms with Gasteiger partial charge in [-0.2, -0.15) is 0 Å². The Morgan fingerprint density at radius 2 is 1.95 bits per heavy atom.